The van der Waals surface area contributed by atoms with Crippen LogP contribution in [0.1, 0.15) is 19.4 Å². The topological polar surface area (TPSA) is 75.4 Å². The molecule has 0 fully saturated rings. The van der Waals surface area contributed by atoms with E-state index in [0.717, 1.165) is 5.69 Å². The Kier molecular flexibility index (Phi) is 3.49. The third-order valence-electron chi connectivity index (χ3n) is 2.27. The van der Waals surface area contributed by atoms with Crippen LogP contribution < -0.4 is 5.32 Å². The van der Waals surface area contributed by atoms with Crippen molar-refractivity contribution < 1.29 is 10.0 Å². The monoisotopic (exact) mass is 224 g/mol. The van der Waals surface area contributed by atoms with Crippen molar-refractivity contribution in [2.75, 3.05) is 11.9 Å². The highest BCUT2D eigenvalue weighted by molar-refractivity contribution is 5.54. The quantitative estimate of drug-likeness (QED) is 0.606. The van der Waals surface area contributed by atoms with Gasteiger partial charge >= 0.3 is 0 Å². The van der Waals surface area contributed by atoms with Crippen LogP contribution in [0.4, 0.5) is 11.4 Å². The highest BCUT2D eigenvalue weighted by Gasteiger charge is 2.17. The van der Waals surface area contributed by atoms with Crippen LogP contribution in [0.25, 0.3) is 0 Å². The van der Waals surface area contributed by atoms with Gasteiger partial charge in [-0.25, -0.2) is 0 Å². The Bertz CT molecular complexity index is 402. The lowest BCUT2D eigenvalue weighted by atomic mass is 10.1. The van der Waals surface area contributed by atoms with E-state index in [9.17, 15) is 10.1 Å². The molecular weight excluding hydrogens is 208 g/mol. The Hall–Kier alpha value is -1.62. The predicted octanol–water partition coefficient (Wildman–Crippen LogP) is 2.09. The molecule has 0 saturated heterocycles. The van der Waals surface area contributed by atoms with Gasteiger partial charge in [0, 0.05) is 17.3 Å². The van der Waals surface area contributed by atoms with Gasteiger partial charge in [0.1, 0.15) is 0 Å². The number of hydrogen-bond donors (Lipinski definition) is 2. The predicted molar refractivity (Wildman–Crippen MR) is 62.6 cm³/mol. The lowest BCUT2D eigenvalue weighted by Crippen LogP contribution is -2.34. The Morgan fingerprint density at radius 2 is 2.12 bits per heavy atom. The summed E-state index contributed by atoms with van der Waals surface area (Å²) in [5.74, 6) is 0. The third kappa shape index (κ3) is 2.93. The molecule has 1 aromatic carbocycles. The number of aryl methyl sites for hydroxylation is 1. The minimum Gasteiger partial charge on any atom is -0.394 e. The maximum absolute atomic E-state index is 10.6. The number of nitro groups is 1. The van der Waals surface area contributed by atoms with Crippen molar-refractivity contribution in [1.82, 2.24) is 0 Å². The van der Waals surface area contributed by atoms with Gasteiger partial charge in [-0.15, -0.1) is 0 Å². The summed E-state index contributed by atoms with van der Waals surface area (Å²) in [6, 6.07) is 4.81. The molecule has 16 heavy (non-hydrogen) atoms. The SMILES string of the molecule is Cc1cc(NC(C)(C)CO)ccc1[N+](=O)[O-]. The molecular formula is C11H16N2O3. The zero-order chi connectivity index (χ0) is 12.3. The molecule has 0 amide bonds. The van der Waals surface area contributed by atoms with Crippen molar-refractivity contribution in [3.63, 3.8) is 0 Å². The number of nitro benzene ring substituents is 1. The number of rotatable bonds is 4. The van der Waals surface area contributed by atoms with Gasteiger partial charge in [-0.2, -0.15) is 0 Å². The highest BCUT2D eigenvalue weighted by Crippen LogP contribution is 2.23. The molecule has 0 aliphatic heterocycles. The molecule has 1 aromatic rings. The Morgan fingerprint density at radius 3 is 2.56 bits per heavy atom. The first-order valence-electron chi connectivity index (χ1n) is 5.00. The van der Waals surface area contributed by atoms with E-state index >= 15 is 0 Å². The summed E-state index contributed by atoms with van der Waals surface area (Å²) in [7, 11) is 0. The molecule has 0 aliphatic rings. The van der Waals surface area contributed by atoms with Crippen LogP contribution in [-0.2, 0) is 0 Å². The fraction of sp³-hybridized carbons (Fsp3) is 0.455. The molecule has 0 atom stereocenters. The minimum absolute atomic E-state index is 0.0109. The van der Waals surface area contributed by atoms with E-state index < -0.39 is 10.5 Å². The molecule has 5 heteroatoms. The summed E-state index contributed by atoms with van der Waals surface area (Å²) in [5.41, 5.74) is 1.03. The number of nitrogens with one attached hydrogen (secondary N) is 1. The van der Waals surface area contributed by atoms with Crippen molar-refractivity contribution in [3.05, 3.63) is 33.9 Å². The molecule has 0 saturated carbocycles. The molecule has 0 radical (unpaired) electrons. The van der Waals surface area contributed by atoms with Crippen LogP contribution in [0.3, 0.4) is 0 Å². The van der Waals surface area contributed by atoms with Gasteiger partial charge in [-0.1, -0.05) is 0 Å². The van der Waals surface area contributed by atoms with Crippen molar-refractivity contribution in [2.24, 2.45) is 0 Å². The van der Waals surface area contributed by atoms with Crippen LogP contribution in [0, 0.1) is 17.0 Å². The maximum Gasteiger partial charge on any atom is 0.272 e. The summed E-state index contributed by atoms with van der Waals surface area (Å²) >= 11 is 0. The molecule has 0 aromatic heterocycles. The van der Waals surface area contributed by atoms with Gasteiger partial charge in [-0.05, 0) is 32.9 Å². The van der Waals surface area contributed by atoms with Crippen LogP contribution in [0.5, 0.6) is 0 Å². The Labute approximate surface area is 94.3 Å². The van der Waals surface area contributed by atoms with Crippen molar-refractivity contribution in [2.45, 2.75) is 26.3 Å². The number of anilines is 1. The molecule has 0 unspecified atom stereocenters. The third-order valence-corrected chi connectivity index (χ3v) is 2.27. The normalized spacial score (nSPS) is 11.2. The van der Waals surface area contributed by atoms with E-state index in [1.165, 1.54) is 6.07 Å². The molecule has 0 bridgehead atoms. The zero-order valence-electron chi connectivity index (χ0n) is 9.65. The minimum atomic E-state index is -0.442. The first-order valence-corrected chi connectivity index (χ1v) is 5.00. The van der Waals surface area contributed by atoms with Crippen LogP contribution in [0.2, 0.25) is 0 Å². The van der Waals surface area contributed by atoms with Crippen LogP contribution >= 0.6 is 0 Å². The summed E-state index contributed by atoms with van der Waals surface area (Å²) in [6.45, 7) is 5.38. The van der Waals surface area contributed by atoms with Gasteiger partial charge in [-0.3, -0.25) is 10.1 Å². The van der Waals surface area contributed by atoms with E-state index in [1.54, 1.807) is 19.1 Å². The second-order valence-corrected chi connectivity index (χ2v) is 4.43. The standard InChI is InChI=1S/C11H16N2O3/c1-8-6-9(12-11(2,3)7-14)4-5-10(8)13(15)16/h4-6,12,14H,7H2,1-3H3. The van der Waals surface area contributed by atoms with Gasteiger partial charge in [0.2, 0.25) is 0 Å². The number of benzene rings is 1. The second kappa shape index (κ2) is 4.49. The Morgan fingerprint density at radius 1 is 1.50 bits per heavy atom. The summed E-state index contributed by atoms with van der Waals surface area (Å²) in [6.07, 6.45) is 0. The number of aliphatic hydroxyl groups excluding tert-OH is 1. The molecule has 0 spiro atoms. The van der Waals surface area contributed by atoms with Crippen molar-refractivity contribution >= 4 is 11.4 Å². The summed E-state index contributed by atoms with van der Waals surface area (Å²) in [5, 5.41) is 22.8. The summed E-state index contributed by atoms with van der Waals surface area (Å²) in [4.78, 5) is 10.2. The van der Waals surface area contributed by atoms with Crippen LogP contribution in [0.15, 0.2) is 18.2 Å². The van der Waals surface area contributed by atoms with Gasteiger partial charge in [0.15, 0.2) is 0 Å². The molecule has 2 N–H and O–H groups in total. The summed E-state index contributed by atoms with van der Waals surface area (Å²) < 4.78 is 0. The van der Waals surface area contributed by atoms with Crippen molar-refractivity contribution in [3.8, 4) is 0 Å². The lowest BCUT2D eigenvalue weighted by Gasteiger charge is -2.25. The van der Waals surface area contributed by atoms with E-state index in [-0.39, 0.29) is 12.3 Å². The van der Waals surface area contributed by atoms with E-state index in [1.807, 2.05) is 13.8 Å². The average molecular weight is 224 g/mol. The first-order chi connectivity index (χ1) is 7.35. The van der Waals surface area contributed by atoms with E-state index in [0.29, 0.717) is 5.56 Å². The number of hydrogen-bond acceptors (Lipinski definition) is 4. The largest absolute Gasteiger partial charge is 0.394 e. The van der Waals surface area contributed by atoms with Gasteiger partial charge < -0.3 is 10.4 Å². The molecule has 1 rings (SSSR count). The zero-order valence-corrected chi connectivity index (χ0v) is 9.65. The molecule has 0 heterocycles. The number of nitrogens with zero attached hydrogens (tertiary/aromatic N) is 1. The number of aliphatic hydroxyl groups is 1. The fourth-order valence-corrected chi connectivity index (χ4v) is 1.37. The van der Waals surface area contributed by atoms with Gasteiger partial charge in [0.05, 0.1) is 17.1 Å². The van der Waals surface area contributed by atoms with E-state index in [4.69, 9.17) is 5.11 Å². The van der Waals surface area contributed by atoms with Crippen LogP contribution in [-0.4, -0.2) is 22.2 Å². The fourth-order valence-electron chi connectivity index (χ4n) is 1.37. The first kappa shape index (κ1) is 12.4. The average Bonchev–Trinajstić information content (AvgIpc) is 2.16. The Balaban J connectivity index is 2.94. The second-order valence-electron chi connectivity index (χ2n) is 4.43. The lowest BCUT2D eigenvalue weighted by molar-refractivity contribution is -0.385. The maximum atomic E-state index is 10.6. The highest BCUT2D eigenvalue weighted by atomic mass is 16.6. The molecule has 0 aliphatic carbocycles. The van der Waals surface area contributed by atoms with Gasteiger partial charge in [0.25, 0.3) is 5.69 Å². The molecule has 5 nitrogen and oxygen atoms in total. The van der Waals surface area contributed by atoms with Crippen molar-refractivity contribution in [1.29, 1.82) is 0 Å². The smallest absolute Gasteiger partial charge is 0.272 e. The van der Waals surface area contributed by atoms with E-state index in [2.05, 4.69) is 5.32 Å². The molecule has 88 valence electrons.